The van der Waals surface area contributed by atoms with E-state index in [1.54, 1.807) is 0 Å². The summed E-state index contributed by atoms with van der Waals surface area (Å²) in [4.78, 5) is 22.8. The molecule has 248 valence electrons. The normalized spacial score (nSPS) is 17.5. The van der Waals surface area contributed by atoms with Crippen molar-refractivity contribution in [2.24, 2.45) is 0 Å². The first-order valence-corrected chi connectivity index (χ1v) is 18.2. The van der Waals surface area contributed by atoms with Crippen LogP contribution in [0.25, 0.3) is 0 Å². The number of sulfone groups is 1. The summed E-state index contributed by atoms with van der Waals surface area (Å²) in [5.41, 5.74) is 0.119. The molecule has 0 aliphatic carbocycles. The molecule has 0 spiro atoms. The Morgan fingerprint density at radius 3 is 1.76 bits per heavy atom. The maximum Gasteiger partial charge on any atom is 0.264 e. The fourth-order valence-electron chi connectivity index (χ4n) is 4.82. The number of methoxy groups -OCH3 is 2. The van der Waals surface area contributed by atoms with Crippen molar-refractivity contribution in [3.05, 3.63) is 60.7 Å². The van der Waals surface area contributed by atoms with Gasteiger partial charge in [-0.3, -0.25) is 18.6 Å². The molecular formula is C28H32N4O11S3. The highest BCUT2D eigenvalue weighted by molar-refractivity contribution is 7.93. The highest BCUT2D eigenvalue weighted by atomic mass is 32.2. The molecule has 4 rings (SSSR count). The average Bonchev–Trinajstić information content (AvgIpc) is 3.24. The van der Waals surface area contributed by atoms with E-state index in [9.17, 15) is 39.9 Å². The highest BCUT2D eigenvalue weighted by Crippen LogP contribution is 2.35. The molecule has 1 heterocycles. The summed E-state index contributed by atoms with van der Waals surface area (Å²) in [5, 5.41) is 15.7. The van der Waals surface area contributed by atoms with E-state index in [1.807, 2.05) is 0 Å². The lowest BCUT2D eigenvalue weighted by Crippen LogP contribution is -2.47. The fourth-order valence-corrected chi connectivity index (χ4v) is 9.48. The van der Waals surface area contributed by atoms with Crippen molar-refractivity contribution in [1.82, 2.24) is 0 Å². The summed E-state index contributed by atoms with van der Waals surface area (Å²) in [7, 11) is -9.95. The Morgan fingerprint density at radius 2 is 1.30 bits per heavy atom. The number of hydrogen-bond acceptors (Lipinski definition) is 11. The Balaban J connectivity index is 1.73. The third-order valence-electron chi connectivity index (χ3n) is 6.80. The highest BCUT2D eigenvalue weighted by Gasteiger charge is 2.45. The number of hydrogen-bond donors (Lipinski definition) is 4. The van der Waals surface area contributed by atoms with E-state index in [0.717, 1.165) is 10.4 Å². The number of amides is 2. The summed E-state index contributed by atoms with van der Waals surface area (Å²) in [6, 6.07) is 11.1. The van der Waals surface area contributed by atoms with Gasteiger partial charge >= 0.3 is 0 Å². The van der Waals surface area contributed by atoms with Crippen LogP contribution in [0, 0.1) is 0 Å². The number of carbonyl (C=O) groups excluding carboxylic acids is 2. The first-order valence-electron chi connectivity index (χ1n) is 13.4. The first kappa shape index (κ1) is 34.5. The van der Waals surface area contributed by atoms with Crippen LogP contribution in [0.15, 0.2) is 70.5 Å². The molecule has 2 atom stereocenters. The molecule has 1 aliphatic heterocycles. The number of aliphatic hydroxyl groups is 1. The van der Waals surface area contributed by atoms with Crippen molar-refractivity contribution < 1.29 is 49.4 Å². The van der Waals surface area contributed by atoms with Gasteiger partial charge in [0, 0.05) is 19.5 Å². The third kappa shape index (κ3) is 7.52. The summed E-state index contributed by atoms with van der Waals surface area (Å²) < 4.78 is 92.9. The lowest BCUT2D eigenvalue weighted by Gasteiger charge is -2.31. The van der Waals surface area contributed by atoms with Crippen molar-refractivity contribution in [2.75, 3.05) is 45.4 Å². The molecule has 2 amide bonds. The van der Waals surface area contributed by atoms with Gasteiger partial charge in [-0.1, -0.05) is 0 Å². The molecule has 3 aromatic rings. The molecule has 3 aromatic carbocycles. The second kappa shape index (κ2) is 13.1. The number of anilines is 4. The molecule has 1 fully saturated rings. The van der Waals surface area contributed by atoms with E-state index in [1.165, 1.54) is 82.7 Å². The van der Waals surface area contributed by atoms with Crippen molar-refractivity contribution >= 4 is 64.4 Å². The maximum atomic E-state index is 14.1. The summed E-state index contributed by atoms with van der Waals surface area (Å²) in [6.45, 7) is 2.47. The molecule has 0 aromatic heterocycles. The molecule has 1 saturated heterocycles. The Labute approximate surface area is 266 Å². The zero-order valence-electron chi connectivity index (χ0n) is 25.0. The van der Waals surface area contributed by atoms with Gasteiger partial charge in [-0.25, -0.2) is 25.3 Å². The average molecular weight is 697 g/mol. The summed E-state index contributed by atoms with van der Waals surface area (Å²) >= 11 is 0. The van der Waals surface area contributed by atoms with Gasteiger partial charge in [0.1, 0.15) is 11.5 Å². The first-order chi connectivity index (χ1) is 21.5. The fraction of sp³-hybridized carbons (Fsp3) is 0.286. The Morgan fingerprint density at radius 1 is 0.804 bits per heavy atom. The number of benzene rings is 3. The molecule has 0 saturated carbocycles. The Bertz CT molecular complexity index is 1980. The minimum Gasteiger partial charge on any atom is -0.495 e. The van der Waals surface area contributed by atoms with Crippen LogP contribution in [0.2, 0.25) is 0 Å². The molecule has 15 nitrogen and oxygen atoms in total. The van der Waals surface area contributed by atoms with Crippen LogP contribution in [0.5, 0.6) is 11.5 Å². The standard InChI is InChI=1S/C28H32N4O11S3/c1-17(33)29-23-13-21(9-11-27(23)42-3)45(38,39)31-19-5-7-20(8-6-19)32(25-15-44(36,37)16-26(25)35)46(40,41)22-10-12-28(43-4)24(14-22)30-18(2)34/h5-14,25-26,31,35H,15-16H2,1-4H3,(H,29,33)(H,30,34)/t25-,26+/m1/s1. The van der Waals surface area contributed by atoms with Gasteiger partial charge in [-0.15, -0.1) is 0 Å². The van der Waals surface area contributed by atoms with Gasteiger partial charge in [0.05, 0.1) is 64.7 Å². The van der Waals surface area contributed by atoms with E-state index in [2.05, 4.69) is 15.4 Å². The predicted molar refractivity (Wildman–Crippen MR) is 170 cm³/mol. The van der Waals surface area contributed by atoms with Crippen LogP contribution in [0.1, 0.15) is 13.8 Å². The molecule has 18 heteroatoms. The summed E-state index contributed by atoms with van der Waals surface area (Å²) in [5.74, 6) is -1.88. The molecular weight excluding hydrogens is 665 g/mol. The predicted octanol–water partition coefficient (Wildman–Crippen LogP) is 1.77. The second-order valence-electron chi connectivity index (χ2n) is 10.3. The van der Waals surface area contributed by atoms with E-state index < -0.39 is 65.3 Å². The number of sulfonamides is 2. The largest absolute Gasteiger partial charge is 0.495 e. The van der Waals surface area contributed by atoms with Gasteiger partial charge in [0.2, 0.25) is 11.8 Å². The minimum absolute atomic E-state index is 0.0231. The van der Waals surface area contributed by atoms with Crippen LogP contribution >= 0.6 is 0 Å². The maximum absolute atomic E-state index is 14.1. The number of ether oxygens (including phenoxy) is 2. The van der Waals surface area contributed by atoms with E-state index in [-0.39, 0.29) is 44.0 Å². The van der Waals surface area contributed by atoms with E-state index >= 15 is 0 Å². The van der Waals surface area contributed by atoms with Gasteiger partial charge in [0.15, 0.2) is 9.84 Å². The van der Waals surface area contributed by atoms with Crippen molar-refractivity contribution in [3.63, 3.8) is 0 Å². The number of rotatable bonds is 11. The van der Waals surface area contributed by atoms with Crippen LogP contribution in [0.3, 0.4) is 0 Å². The van der Waals surface area contributed by atoms with Gasteiger partial charge in [-0.2, -0.15) is 0 Å². The lowest BCUT2D eigenvalue weighted by atomic mass is 10.2. The van der Waals surface area contributed by atoms with Gasteiger partial charge in [-0.05, 0) is 60.7 Å². The van der Waals surface area contributed by atoms with Gasteiger partial charge in [0.25, 0.3) is 20.0 Å². The topological polar surface area (TPSA) is 215 Å². The number of aliphatic hydroxyl groups excluding tert-OH is 1. The molecule has 0 unspecified atom stereocenters. The van der Waals surface area contributed by atoms with Crippen molar-refractivity contribution in [2.45, 2.75) is 35.8 Å². The zero-order valence-corrected chi connectivity index (χ0v) is 27.5. The van der Waals surface area contributed by atoms with Crippen LogP contribution in [-0.4, -0.2) is 80.0 Å². The smallest absolute Gasteiger partial charge is 0.264 e. The zero-order chi connectivity index (χ0) is 34.0. The van der Waals surface area contributed by atoms with Crippen LogP contribution < -0.4 is 29.1 Å². The molecule has 4 N–H and O–H groups in total. The molecule has 0 bridgehead atoms. The van der Waals surface area contributed by atoms with Crippen molar-refractivity contribution in [1.29, 1.82) is 0 Å². The van der Waals surface area contributed by atoms with Gasteiger partial charge < -0.3 is 25.2 Å². The number of carbonyl (C=O) groups is 2. The van der Waals surface area contributed by atoms with E-state index in [0.29, 0.717) is 0 Å². The quantitative estimate of drug-likeness (QED) is 0.227. The number of nitrogens with one attached hydrogen (secondary N) is 3. The Hall–Kier alpha value is -4.39. The number of nitrogens with zero attached hydrogens (tertiary/aromatic N) is 1. The SMILES string of the molecule is COc1ccc(S(=O)(=O)Nc2ccc(N([C@@H]3CS(=O)(=O)C[C@@H]3O)S(=O)(=O)c3ccc(OC)c(NC(C)=O)c3)cc2)cc1NC(C)=O. The van der Waals surface area contributed by atoms with E-state index in [4.69, 9.17) is 9.47 Å². The van der Waals surface area contributed by atoms with Crippen LogP contribution in [-0.2, 0) is 39.5 Å². The lowest BCUT2D eigenvalue weighted by molar-refractivity contribution is -0.115. The minimum atomic E-state index is -4.60. The van der Waals surface area contributed by atoms with Crippen molar-refractivity contribution in [3.8, 4) is 11.5 Å². The third-order valence-corrected chi connectivity index (χ3v) is 11.7. The molecule has 1 aliphatic rings. The summed E-state index contributed by atoms with van der Waals surface area (Å²) in [6.07, 6.45) is -1.57. The second-order valence-corrected chi connectivity index (χ2v) is 15.9. The molecule has 46 heavy (non-hydrogen) atoms. The monoisotopic (exact) mass is 696 g/mol. The van der Waals surface area contributed by atoms with Crippen LogP contribution in [0.4, 0.5) is 22.7 Å². The molecule has 0 radical (unpaired) electrons. The Kier molecular flexibility index (Phi) is 9.86.